The summed E-state index contributed by atoms with van der Waals surface area (Å²) in [6, 6.07) is 11.6. The highest BCUT2D eigenvalue weighted by Gasteiger charge is 2.28. The van der Waals surface area contributed by atoms with E-state index in [4.69, 9.17) is 9.84 Å². The number of anilines is 1. The molecule has 0 saturated heterocycles. The maximum Gasteiger partial charge on any atom is 0.410 e. The number of aliphatic hydroxyl groups is 1. The smallest absolute Gasteiger partial charge is 0.410 e. The maximum absolute atomic E-state index is 12.2. The molecule has 1 aliphatic heterocycles. The van der Waals surface area contributed by atoms with E-state index in [9.17, 15) is 14.9 Å². The molecule has 3 rings (SSSR count). The summed E-state index contributed by atoms with van der Waals surface area (Å²) < 4.78 is 4.95. The van der Waals surface area contributed by atoms with Crippen molar-refractivity contribution in [1.82, 2.24) is 4.90 Å². The van der Waals surface area contributed by atoms with Crippen molar-refractivity contribution in [2.75, 3.05) is 25.1 Å². The number of rotatable bonds is 5. The van der Waals surface area contributed by atoms with Crippen molar-refractivity contribution >= 4 is 34.4 Å². The zero-order valence-electron chi connectivity index (χ0n) is 15.1. The predicted molar refractivity (Wildman–Crippen MR) is 106 cm³/mol. The second-order valence-corrected chi connectivity index (χ2v) is 7.17. The summed E-state index contributed by atoms with van der Waals surface area (Å²) in [5, 5.41) is 21.6. The number of thiophene rings is 1. The van der Waals surface area contributed by atoms with Gasteiger partial charge in [-0.05, 0) is 23.6 Å². The molecule has 28 heavy (non-hydrogen) atoms. The Hall–Kier alpha value is -3.15. The van der Waals surface area contributed by atoms with Crippen molar-refractivity contribution in [3.8, 4) is 6.07 Å². The third kappa shape index (κ3) is 4.57. The summed E-state index contributed by atoms with van der Waals surface area (Å²) in [5.74, 6) is -0.321. The first-order valence-electron chi connectivity index (χ1n) is 8.73. The van der Waals surface area contributed by atoms with Crippen LogP contribution in [-0.4, -0.2) is 41.8 Å². The molecule has 0 radical (unpaired) electrons. The van der Waals surface area contributed by atoms with E-state index in [2.05, 4.69) is 11.4 Å². The third-order valence-electron chi connectivity index (χ3n) is 4.21. The number of carbonyl (C=O) groups is 2. The van der Waals surface area contributed by atoms with Gasteiger partial charge in [-0.25, -0.2) is 4.79 Å². The first-order chi connectivity index (χ1) is 13.6. The average Bonchev–Trinajstić information content (AvgIpc) is 3.07. The van der Waals surface area contributed by atoms with Crippen LogP contribution >= 0.6 is 11.3 Å². The highest BCUT2D eigenvalue weighted by atomic mass is 32.1. The molecule has 1 aromatic heterocycles. The highest BCUT2D eigenvalue weighted by Crippen LogP contribution is 2.36. The average molecular weight is 397 g/mol. The molecule has 144 valence electrons. The molecule has 2 aromatic rings. The number of carbonyl (C=O) groups excluding carboxylic acids is 2. The van der Waals surface area contributed by atoms with Crippen molar-refractivity contribution in [2.45, 2.75) is 13.0 Å². The van der Waals surface area contributed by atoms with E-state index in [0.29, 0.717) is 30.1 Å². The molecule has 7 nitrogen and oxygen atoms in total. The maximum atomic E-state index is 12.2. The number of fused-ring (bicyclic) bond motifs is 1. The van der Waals surface area contributed by atoms with Gasteiger partial charge in [0.05, 0.1) is 18.7 Å². The fourth-order valence-corrected chi connectivity index (χ4v) is 4.10. The molecule has 1 aliphatic rings. The number of nitrogens with one attached hydrogen (secondary N) is 1. The van der Waals surface area contributed by atoms with Crippen LogP contribution in [0, 0.1) is 11.3 Å². The van der Waals surface area contributed by atoms with Gasteiger partial charge in [0.25, 0.3) is 0 Å². The number of hydrogen-bond donors (Lipinski definition) is 2. The molecular weight excluding hydrogens is 378 g/mol. The van der Waals surface area contributed by atoms with Crippen LogP contribution in [0.4, 0.5) is 9.80 Å². The van der Waals surface area contributed by atoms with Crippen LogP contribution in [0.5, 0.6) is 0 Å². The minimum Gasteiger partial charge on any atom is -0.447 e. The third-order valence-corrected chi connectivity index (χ3v) is 5.34. The van der Waals surface area contributed by atoms with Crippen LogP contribution in [0.2, 0.25) is 0 Å². The molecule has 0 bridgehead atoms. The molecule has 1 aromatic carbocycles. The van der Waals surface area contributed by atoms with Gasteiger partial charge in [0.1, 0.15) is 17.7 Å². The second kappa shape index (κ2) is 9.17. The van der Waals surface area contributed by atoms with Gasteiger partial charge in [-0.15, -0.1) is 11.3 Å². The fraction of sp³-hybridized carbons (Fsp3) is 0.250. The van der Waals surface area contributed by atoms with E-state index in [1.54, 1.807) is 6.08 Å². The molecule has 0 aliphatic carbocycles. The molecule has 0 spiro atoms. The van der Waals surface area contributed by atoms with Gasteiger partial charge in [0, 0.05) is 17.5 Å². The number of aliphatic hydroxyl groups excluding tert-OH is 1. The lowest BCUT2D eigenvalue weighted by Gasteiger charge is -2.26. The van der Waals surface area contributed by atoms with Crippen LogP contribution in [0.25, 0.3) is 6.08 Å². The Morgan fingerprint density at radius 1 is 1.36 bits per heavy atom. The van der Waals surface area contributed by atoms with Crippen molar-refractivity contribution in [3.05, 3.63) is 58.0 Å². The molecule has 0 unspecified atom stereocenters. The quantitative estimate of drug-likeness (QED) is 0.755. The summed E-state index contributed by atoms with van der Waals surface area (Å²) >= 11 is 1.29. The largest absolute Gasteiger partial charge is 0.447 e. The monoisotopic (exact) mass is 397 g/mol. The fourth-order valence-electron chi connectivity index (χ4n) is 2.88. The summed E-state index contributed by atoms with van der Waals surface area (Å²) in [5.41, 5.74) is 2.21. The second-order valence-electron chi connectivity index (χ2n) is 6.06. The van der Waals surface area contributed by atoms with Gasteiger partial charge in [-0.3, -0.25) is 4.79 Å². The van der Waals surface area contributed by atoms with Crippen molar-refractivity contribution < 1.29 is 19.4 Å². The van der Waals surface area contributed by atoms with Crippen LogP contribution in [0.1, 0.15) is 21.6 Å². The topological polar surface area (TPSA) is 103 Å². The van der Waals surface area contributed by atoms with Gasteiger partial charge in [-0.2, -0.15) is 5.26 Å². The minimum atomic E-state index is -0.497. The molecule has 2 amide bonds. The summed E-state index contributed by atoms with van der Waals surface area (Å²) in [4.78, 5) is 26.6. The number of nitrogens with zero attached hydrogens (tertiary/aromatic N) is 2. The van der Waals surface area contributed by atoms with Gasteiger partial charge in [-0.1, -0.05) is 30.3 Å². The number of amides is 2. The lowest BCUT2D eigenvalue weighted by molar-refractivity contribution is -0.111. The Kier molecular flexibility index (Phi) is 6.42. The number of hydrogen-bond acceptors (Lipinski definition) is 6. The van der Waals surface area contributed by atoms with Crippen LogP contribution in [-0.2, 0) is 22.5 Å². The lowest BCUT2D eigenvalue weighted by atomic mass is 10.0. The number of nitriles is 1. The Bertz CT molecular complexity index is 931. The van der Waals surface area contributed by atoms with Crippen LogP contribution < -0.4 is 5.32 Å². The summed E-state index contributed by atoms with van der Waals surface area (Å²) in [6.45, 7) is 0.457. The molecule has 0 atom stereocenters. The van der Waals surface area contributed by atoms with E-state index in [1.165, 1.54) is 22.3 Å². The van der Waals surface area contributed by atoms with Gasteiger partial charge in [0.2, 0.25) is 5.91 Å². The highest BCUT2D eigenvalue weighted by molar-refractivity contribution is 7.16. The molecule has 2 heterocycles. The van der Waals surface area contributed by atoms with Crippen molar-refractivity contribution in [3.63, 3.8) is 0 Å². The van der Waals surface area contributed by atoms with Crippen molar-refractivity contribution in [2.24, 2.45) is 0 Å². The van der Waals surface area contributed by atoms with Gasteiger partial charge >= 0.3 is 6.09 Å². The summed E-state index contributed by atoms with van der Waals surface area (Å²) in [6.07, 6.45) is 3.14. The minimum absolute atomic E-state index is 0.0505. The predicted octanol–water partition coefficient (Wildman–Crippen LogP) is 2.76. The van der Waals surface area contributed by atoms with E-state index in [-0.39, 0.29) is 19.1 Å². The first-order valence-corrected chi connectivity index (χ1v) is 9.55. The molecule has 0 saturated carbocycles. The molecular formula is C20H19N3O4S. The van der Waals surface area contributed by atoms with Crippen LogP contribution in [0.3, 0.4) is 0 Å². The lowest BCUT2D eigenvalue weighted by Crippen LogP contribution is -2.36. The Balaban J connectivity index is 1.71. The number of benzene rings is 1. The van der Waals surface area contributed by atoms with Crippen LogP contribution in [0.15, 0.2) is 36.4 Å². The Labute approximate surface area is 166 Å². The molecule has 0 fully saturated rings. The van der Waals surface area contributed by atoms with E-state index in [1.807, 2.05) is 30.3 Å². The van der Waals surface area contributed by atoms with E-state index in [0.717, 1.165) is 16.0 Å². The van der Waals surface area contributed by atoms with Gasteiger partial charge in [0.15, 0.2) is 0 Å². The Morgan fingerprint density at radius 2 is 2.14 bits per heavy atom. The Morgan fingerprint density at radius 3 is 2.86 bits per heavy atom. The summed E-state index contributed by atoms with van der Waals surface area (Å²) in [7, 11) is 0. The van der Waals surface area contributed by atoms with Gasteiger partial charge < -0.3 is 20.1 Å². The standard InChI is InChI=1S/C20H19N3O4S/c21-12-16-15-8-9-23(20(26)27-11-10-24)13-17(15)28-19(16)22-18(25)7-6-14-4-2-1-3-5-14/h1-7,24H,8-11,13H2,(H,22,25)/b7-6+. The molecule has 2 N–H and O–H groups in total. The first kappa shape index (κ1) is 19.6. The SMILES string of the molecule is N#Cc1c(NC(=O)/C=C/c2ccccc2)sc2c1CCN(C(=O)OCCO)C2. The van der Waals surface area contributed by atoms with Crippen molar-refractivity contribution in [1.29, 1.82) is 5.26 Å². The normalized spacial score (nSPS) is 13.1. The zero-order chi connectivity index (χ0) is 19.9. The zero-order valence-corrected chi connectivity index (χ0v) is 15.9. The van der Waals surface area contributed by atoms with E-state index >= 15 is 0 Å². The van der Waals surface area contributed by atoms with E-state index < -0.39 is 6.09 Å². The molecule has 8 heteroatoms. The number of ether oxygens (including phenoxy) is 1.